The molecule has 1 aliphatic carbocycles. The number of nitrogens with zero attached hydrogens (tertiary/aromatic N) is 1. The number of hydrogen-bond acceptors (Lipinski definition) is 4. The van der Waals surface area contributed by atoms with E-state index >= 15 is 0 Å². The molecule has 3 N–H and O–H groups in total. The molecule has 2 unspecified atom stereocenters. The van der Waals surface area contributed by atoms with Crippen LogP contribution in [0.4, 0.5) is 4.79 Å². The second-order valence-electron chi connectivity index (χ2n) is 10.7. The van der Waals surface area contributed by atoms with Crippen molar-refractivity contribution in [2.24, 2.45) is 11.7 Å². The zero-order valence-electron chi connectivity index (χ0n) is 22.5. The Labute approximate surface area is 217 Å². The Morgan fingerprint density at radius 1 is 1.29 bits per heavy atom. The van der Waals surface area contributed by atoms with Crippen LogP contribution in [-0.4, -0.2) is 41.3 Å². The van der Waals surface area contributed by atoms with Gasteiger partial charge in [-0.25, -0.2) is 4.79 Å². The van der Waals surface area contributed by atoms with Crippen molar-refractivity contribution in [3.63, 3.8) is 0 Å². The van der Waals surface area contributed by atoms with Crippen molar-refractivity contribution in [3.8, 4) is 0 Å². The quantitative estimate of drug-likeness (QED) is 0.338. The third-order valence-electron chi connectivity index (χ3n) is 6.63. The minimum absolute atomic E-state index is 0.274. The Hall–Kier alpha value is -1.82. The van der Waals surface area contributed by atoms with Gasteiger partial charge in [0.25, 0.3) is 0 Å². The zero-order chi connectivity index (χ0) is 26.2. The third kappa shape index (κ3) is 7.83. The number of halogens is 1. The average Bonchev–Trinajstić information content (AvgIpc) is 2.80. The third-order valence-corrected chi connectivity index (χ3v) is 6.94. The lowest BCUT2D eigenvalue weighted by Crippen LogP contribution is -2.45. The molecule has 35 heavy (non-hydrogen) atoms. The normalized spacial score (nSPS) is 16.7. The van der Waals surface area contributed by atoms with E-state index in [0.717, 1.165) is 42.4 Å². The minimum Gasteiger partial charge on any atom is -0.444 e. The molecule has 5 nitrogen and oxygen atoms in total. The van der Waals surface area contributed by atoms with Crippen molar-refractivity contribution in [2.75, 3.05) is 19.6 Å². The fourth-order valence-corrected chi connectivity index (χ4v) is 5.03. The molecule has 0 saturated heterocycles. The van der Waals surface area contributed by atoms with E-state index in [9.17, 15) is 9.90 Å². The molecule has 0 bridgehead atoms. The molecule has 0 radical (unpaired) electrons. The van der Waals surface area contributed by atoms with Crippen LogP contribution in [0.5, 0.6) is 0 Å². The molecule has 2 atom stereocenters. The van der Waals surface area contributed by atoms with Crippen LogP contribution < -0.4 is 5.73 Å². The first-order valence-corrected chi connectivity index (χ1v) is 13.4. The molecule has 6 heteroatoms. The van der Waals surface area contributed by atoms with E-state index in [0.29, 0.717) is 37.5 Å². The van der Waals surface area contributed by atoms with Crippen molar-refractivity contribution in [1.82, 2.24) is 4.90 Å². The smallest absolute Gasteiger partial charge is 0.410 e. The predicted molar refractivity (Wildman–Crippen MR) is 146 cm³/mol. The van der Waals surface area contributed by atoms with Gasteiger partial charge in [0.05, 0.1) is 5.60 Å². The highest BCUT2D eigenvalue weighted by molar-refractivity contribution is 6.32. The molecular weight excluding hydrogens is 460 g/mol. The van der Waals surface area contributed by atoms with Crippen LogP contribution in [0.15, 0.2) is 35.9 Å². The van der Waals surface area contributed by atoms with Crippen LogP contribution in [0.1, 0.15) is 91.2 Å². The molecule has 0 spiro atoms. The van der Waals surface area contributed by atoms with E-state index in [4.69, 9.17) is 22.1 Å². The van der Waals surface area contributed by atoms with Gasteiger partial charge in [0.1, 0.15) is 5.60 Å². The van der Waals surface area contributed by atoms with Gasteiger partial charge >= 0.3 is 6.09 Å². The molecular formula is C29H45ClN2O3. The van der Waals surface area contributed by atoms with Crippen LogP contribution in [-0.2, 0) is 10.3 Å². The van der Waals surface area contributed by atoms with E-state index in [-0.39, 0.29) is 12.0 Å². The lowest BCUT2D eigenvalue weighted by Gasteiger charge is -2.39. The van der Waals surface area contributed by atoms with Crippen LogP contribution in [0, 0.1) is 5.92 Å². The summed E-state index contributed by atoms with van der Waals surface area (Å²) in [4.78, 5) is 14.7. The van der Waals surface area contributed by atoms with Gasteiger partial charge in [-0.1, -0.05) is 62.2 Å². The summed E-state index contributed by atoms with van der Waals surface area (Å²) >= 11 is 6.79. The first kappa shape index (κ1) is 29.4. The molecule has 1 aliphatic rings. The number of aliphatic hydroxyl groups is 1. The van der Waals surface area contributed by atoms with Crippen molar-refractivity contribution in [2.45, 2.75) is 91.3 Å². The summed E-state index contributed by atoms with van der Waals surface area (Å²) in [6, 6.07) is 5.75. The SMILES string of the molecule is CCCN(CC(C)C(O)(CCCN)c1cccc(Cl)c1C1=CCCC(CC)=C1)C(=O)OC(C)(C)C. The zero-order valence-corrected chi connectivity index (χ0v) is 23.3. The van der Waals surface area contributed by atoms with Crippen molar-refractivity contribution < 1.29 is 14.6 Å². The van der Waals surface area contributed by atoms with E-state index in [2.05, 4.69) is 19.1 Å². The summed E-state index contributed by atoms with van der Waals surface area (Å²) < 4.78 is 5.66. The van der Waals surface area contributed by atoms with E-state index in [1.54, 1.807) is 4.90 Å². The topological polar surface area (TPSA) is 75.8 Å². The first-order valence-electron chi connectivity index (χ1n) is 13.1. The highest BCUT2D eigenvalue weighted by Gasteiger charge is 2.39. The van der Waals surface area contributed by atoms with E-state index < -0.39 is 11.2 Å². The second kappa shape index (κ2) is 12.9. The van der Waals surface area contributed by atoms with Crippen LogP contribution in [0.2, 0.25) is 5.02 Å². The lowest BCUT2D eigenvalue weighted by atomic mass is 9.75. The van der Waals surface area contributed by atoms with E-state index in [1.165, 1.54) is 5.57 Å². The molecule has 196 valence electrons. The predicted octanol–water partition coefficient (Wildman–Crippen LogP) is 7.06. The standard InChI is InChI=1S/C29H45ClN2O3/c1-7-18-32(27(33)35-28(4,5)6)20-21(3)29(34,16-11-17-31)24-14-10-15-25(30)26(24)23-13-9-12-22(8-2)19-23/h10,13-15,19,21,34H,7-9,11-12,16-18,20,31H2,1-6H3. The van der Waals surface area contributed by atoms with Crippen molar-refractivity contribution in [1.29, 1.82) is 0 Å². The molecule has 1 aromatic rings. The summed E-state index contributed by atoms with van der Waals surface area (Å²) in [5.41, 5.74) is 8.20. The van der Waals surface area contributed by atoms with Gasteiger partial charge < -0.3 is 20.5 Å². The Bertz CT molecular complexity index is 919. The van der Waals surface area contributed by atoms with Gasteiger partial charge in [0, 0.05) is 29.6 Å². The number of nitrogens with two attached hydrogens (primary N) is 1. The molecule has 0 heterocycles. The Balaban J connectivity index is 2.52. The molecule has 0 aromatic heterocycles. The fraction of sp³-hybridized carbons (Fsp3) is 0.621. The van der Waals surface area contributed by atoms with Crippen molar-refractivity contribution in [3.05, 3.63) is 52.1 Å². The van der Waals surface area contributed by atoms with Crippen molar-refractivity contribution >= 4 is 23.3 Å². The summed E-state index contributed by atoms with van der Waals surface area (Å²) in [7, 11) is 0. The Morgan fingerprint density at radius 2 is 2.00 bits per heavy atom. The molecule has 0 saturated carbocycles. The molecule has 2 rings (SSSR count). The fourth-order valence-electron chi connectivity index (χ4n) is 4.75. The molecule has 1 amide bonds. The summed E-state index contributed by atoms with van der Waals surface area (Å²) in [5, 5.41) is 13.0. The Kier molecular flexibility index (Phi) is 10.9. The number of rotatable bonds is 11. The number of carbonyl (C=O) groups excluding carboxylic acids is 1. The number of allylic oxidation sites excluding steroid dienone is 4. The van der Waals surface area contributed by atoms with Crippen LogP contribution in [0.3, 0.4) is 0 Å². The largest absolute Gasteiger partial charge is 0.444 e. The molecule has 1 aromatic carbocycles. The second-order valence-corrected chi connectivity index (χ2v) is 11.1. The van der Waals surface area contributed by atoms with Gasteiger partial charge in [-0.15, -0.1) is 0 Å². The number of amides is 1. The summed E-state index contributed by atoms with van der Waals surface area (Å²) in [6.07, 6.45) is 9.00. The maximum absolute atomic E-state index is 13.0. The maximum atomic E-state index is 13.0. The highest BCUT2D eigenvalue weighted by atomic mass is 35.5. The number of hydrogen-bond donors (Lipinski definition) is 2. The molecule has 0 aliphatic heterocycles. The average molecular weight is 505 g/mol. The van der Waals surface area contributed by atoms with Gasteiger partial charge in [0.2, 0.25) is 0 Å². The molecule has 0 fully saturated rings. The van der Waals surface area contributed by atoms with Crippen LogP contribution in [0.25, 0.3) is 5.57 Å². The maximum Gasteiger partial charge on any atom is 0.410 e. The first-order chi connectivity index (χ1) is 16.5. The number of ether oxygens (including phenoxy) is 1. The van der Waals surface area contributed by atoms with Gasteiger partial charge in [-0.2, -0.15) is 0 Å². The van der Waals surface area contributed by atoms with Gasteiger partial charge in [-0.3, -0.25) is 0 Å². The van der Waals surface area contributed by atoms with Crippen LogP contribution >= 0.6 is 11.6 Å². The monoisotopic (exact) mass is 504 g/mol. The summed E-state index contributed by atoms with van der Waals surface area (Å²) in [6.45, 7) is 13.2. The van der Waals surface area contributed by atoms with Gasteiger partial charge in [-0.05, 0) is 83.0 Å². The Morgan fingerprint density at radius 3 is 2.60 bits per heavy atom. The highest BCUT2D eigenvalue weighted by Crippen LogP contribution is 2.43. The van der Waals surface area contributed by atoms with Gasteiger partial charge in [0.15, 0.2) is 0 Å². The minimum atomic E-state index is -1.22. The lowest BCUT2D eigenvalue weighted by molar-refractivity contribution is -0.0422. The summed E-state index contributed by atoms with van der Waals surface area (Å²) in [5.74, 6) is -0.274. The number of carbonyl (C=O) groups is 1. The number of benzene rings is 1. The van der Waals surface area contributed by atoms with E-state index in [1.807, 2.05) is 52.8 Å².